The highest BCUT2D eigenvalue weighted by Gasteiger charge is 2.37. The lowest BCUT2D eigenvalue weighted by atomic mass is 9.73. The summed E-state index contributed by atoms with van der Waals surface area (Å²) < 4.78 is 5.32. The molecule has 1 saturated carbocycles. The molecular weight excluding hydrogens is 302 g/mol. The first-order chi connectivity index (χ1) is 11.3. The molecule has 0 amide bonds. The maximum atomic E-state index is 12.6. The summed E-state index contributed by atoms with van der Waals surface area (Å²) in [6, 6.07) is 0. The largest absolute Gasteiger partial charge is 0.462 e. The summed E-state index contributed by atoms with van der Waals surface area (Å²) in [5.74, 6) is 0.0554. The van der Waals surface area contributed by atoms with Crippen molar-refractivity contribution in [3.05, 3.63) is 28.1 Å². The first kappa shape index (κ1) is 17.4. The zero-order valence-electron chi connectivity index (χ0n) is 15.3. The average molecular weight is 331 g/mol. The van der Waals surface area contributed by atoms with Gasteiger partial charge in [-0.2, -0.15) is 0 Å². The molecule has 2 aliphatic carbocycles. The van der Waals surface area contributed by atoms with Gasteiger partial charge in [0.25, 0.3) is 0 Å². The summed E-state index contributed by atoms with van der Waals surface area (Å²) in [6.45, 7) is 8.48. The summed E-state index contributed by atoms with van der Waals surface area (Å²) in [6.07, 6.45) is 5.56. The molecule has 1 aromatic rings. The van der Waals surface area contributed by atoms with Gasteiger partial charge in [0.1, 0.15) is 0 Å². The minimum absolute atomic E-state index is 0.0320. The smallest absolute Gasteiger partial charge is 0.340 e. The number of hydrogen-bond acceptors (Lipinski definition) is 4. The van der Waals surface area contributed by atoms with E-state index >= 15 is 0 Å². The number of hydrogen-bond donors (Lipinski definition) is 1. The van der Waals surface area contributed by atoms with Crippen LogP contribution >= 0.6 is 0 Å². The van der Waals surface area contributed by atoms with Crippen molar-refractivity contribution in [3.63, 3.8) is 0 Å². The summed E-state index contributed by atoms with van der Waals surface area (Å²) >= 11 is 0. The van der Waals surface area contributed by atoms with E-state index in [-0.39, 0.29) is 11.4 Å². The van der Waals surface area contributed by atoms with Gasteiger partial charge in [0.2, 0.25) is 0 Å². The fourth-order valence-electron chi connectivity index (χ4n) is 4.49. The first-order valence-corrected chi connectivity index (χ1v) is 9.22. The SMILES string of the molecule is CCOC(=O)c1c(C2CCCC2)nc2c(c1C)[C@@H](O)CC(C)(C)C2. The minimum atomic E-state index is -0.554. The van der Waals surface area contributed by atoms with Gasteiger partial charge in [0.15, 0.2) is 0 Å². The maximum absolute atomic E-state index is 12.6. The van der Waals surface area contributed by atoms with Gasteiger partial charge in [0.05, 0.1) is 24.0 Å². The number of rotatable bonds is 3. The molecule has 2 aliphatic rings. The Morgan fingerprint density at radius 3 is 2.62 bits per heavy atom. The van der Waals surface area contributed by atoms with E-state index in [1.165, 1.54) is 12.8 Å². The Balaban J connectivity index is 2.16. The van der Waals surface area contributed by atoms with Crippen molar-refractivity contribution in [3.8, 4) is 0 Å². The van der Waals surface area contributed by atoms with E-state index in [1.807, 2.05) is 13.8 Å². The Kier molecular flexibility index (Phi) is 4.69. The lowest BCUT2D eigenvalue weighted by molar-refractivity contribution is 0.0521. The summed E-state index contributed by atoms with van der Waals surface area (Å²) in [7, 11) is 0. The van der Waals surface area contributed by atoms with Crippen molar-refractivity contribution in [2.24, 2.45) is 5.41 Å². The molecule has 0 radical (unpaired) electrons. The number of carbonyl (C=O) groups is 1. The van der Waals surface area contributed by atoms with Gasteiger partial charge >= 0.3 is 5.97 Å². The van der Waals surface area contributed by atoms with Gasteiger partial charge in [-0.3, -0.25) is 4.98 Å². The Labute approximate surface area is 144 Å². The van der Waals surface area contributed by atoms with Crippen LogP contribution in [0.4, 0.5) is 0 Å². The number of esters is 1. The number of nitrogens with zero attached hydrogens (tertiary/aromatic N) is 1. The molecule has 4 nitrogen and oxygen atoms in total. The molecule has 1 fully saturated rings. The molecule has 1 aromatic heterocycles. The first-order valence-electron chi connectivity index (χ1n) is 9.22. The van der Waals surface area contributed by atoms with Crippen molar-refractivity contribution < 1.29 is 14.6 Å². The average Bonchev–Trinajstić information content (AvgIpc) is 2.98. The quantitative estimate of drug-likeness (QED) is 0.842. The van der Waals surface area contributed by atoms with Crippen molar-refractivity contribution in [1.29, 1.82) is 0 Å². The van der Waals surface area contributed by atoms with E-state index in [4.69, 9.17) is 9.72 Å². The van der Waals surface area contributed by atoms with E-state index in [0.717, 1.165) is 41.8 Å². The van der Waals surface area contributed by atoms with Crippen LogP contribution in [0, 0.1) is 12.3 Å². The van der Waals surface area contributed by atoms with E-state index < -0.39 is 6.10 Å². The molecule has 0 unspecified atom stereocenters. The highest BCUT2D eigenvalue weighted by Crippen LogP contribution is 2.44. The molecule has 24 heavy (non-hydrogen) atoms. The molecule has 0 spiro atoms. The number of pyridine rings is 1. The van der Waals surface area contributed by atoms with Crippen LogP contribution in [0.25, 0.3) is 0 Å². The second kappa shape index (κ2) is 6.47. The van der Waals surface area contributed by atoms with Crippen LogP contribution in [0.1, 0.15) is 97.8 Å². The summed E-state index contributed by atoms with van der Waals surface area (Å²) in [5, 5.41) is 10.7. The molecule has 0 saturated heterocycles. The molecule has 1 atom stereocenters. The van der Waals surface area contributed by atoms with Crippen LogP contribution in [-0.2, 0) is 11.2 Å². The molecule has 1 N–H and O–H groups in total. The summed E-state index contributed by atoms with van der Waals surface area (Å²) in [4.78, 5) is 17.6. The Morgan fingerprint density at radius 2 is 2.00 bits per heavy atom. The third-order valence-electron chi connectivity index (χ3n) is 5.55. The highest BCUT2D eigenvalue weighted by molar-refractivity contribution is 5.93. The van der Waals surface area contributed by atoms with Crippen molar-refractivity contribution in [1.82, 2.24) is 4.98 Å². The summed E-state index contributed by atoms with van der Waals surface area (Å²) in [5.41, 5.74) is 4.27. The van der Waals surface area contributed by atoms with Gasteiger partial charge in [-0.1, -0.05) is 26.7 Å². The predicted molar refractivity (Wildman–Crippen MR) is 93.2 cm³/mol. The fourth-order valence-corrected chi connectivity index (χ4v) is 4.49. The molecular formula is C20H29NO3. The van der Waals surface area contributed by atoms with Crippen molar-refractivity contribution >= 4 is 5.97 Å². The van der Waals surface area contributed by atoms with E-state index in [0.29, 0.717) is 24.5 Å². The Bertz CT molecular complexity index is 645. The zero-order valence-corrected chi connectivity index (χ0v) is 15.3. The van der Waals surface area contributed by atoms with E-state index in [2.05, 4.69) is 13.8 Å². The third-order valence-corrected chi connectivity index (χ3v) is 5.55. The normalized spacial score (nSPS) is 23.1. The van der Waals surface area contributed by atoms with E-state index in [1.54, 1.807) is 0 Å². The maximum Gasteiger partial charge on any atom is 0.340 e. The van der Waals surface area contributed by atoms with Crippen molar-refractivity contribution in [2.75, 3.05) is 6.61 Å². The zero-order chi connectivity index (χ0) is 17.5. The number of aliphatic hydroxyl groups excluding tert-OH is 1. The van der Waals surface area contributed by atoms with Crippen LogP contribution in [0.15, 0.2) is 0 Å². The molecule has 0 aliphatic heterocycles. The standard InChI is InChI=1S/C20H29NO3/c1-5-24-19(23)17-12(2)16-14(10-20(3,4)11-15(16)22)21-18(17)13-8-6-7-9-13/h13,15,22H,5-11H2,1-4H3/t15-/m0/s1. The fraction of sp³-hybridized carbons (Fsp3) is 0.700. The van der Waals surface area contributed by atoms with Gasteiger partial charge in [-0.05, 0) is 50.5 Å². The topological polar surface area (TPSA) is 59.4 Å². The number of ether oxygens (including phenoxy) is 1. The second-order valence-electron chi connectivity index (χ2n) is 8.12. The van der Waals surface area contributed by atoms with Crippen LogP contribution in [-0.4, -0.2) is 22.7 Å². The highest BCUT2D eigenvalue weighted by atomic mass is 16.5. The minimum Gasteiger partial charge on any atom is -0.462 e. The van der Waals surface area contributed by atoms with Crippen LogP contribution in [0.2, 0.25) is 0 Å². The van der Waals surface area contributed by atoms with Gasteiger partial charge < -0.3 is 9.84 Å². The number of carbonyl (C=O) groups excluding carboxylic acids is 1. The third kappa shape index (κ3) is 3.08. The lowest BCUT2D eigenvalue weighted by Crippen LogP contribution is -2.29. The Morgan fingerprint density at radius 1 is 1.33 bits per heavy atom. The lowest BCUT2D eigenvalue weighted by Gasteiger charge is -2.36. The molecule has 132 valence electrons. The predicted octanol–water partition coefficient (Wildman–Crippen LogP) is 4.23. The molecule has 4 heteroatoms. The van der Waals surface area contributed by atoms with Gasteiger partial charge in [-0.15, -0.1) is 0 Å². The van der Waals surface area contributed by atoms with Crippen LogP contribution < -0.4 is 0 Å². The molecule has 1 heterocycles. The second-order valence-corrected chi connectivity index (χ2v) is 8.12. The number of aliphatic hydroxyl groups is 1. The van der Waals surface area contributed by atoms with Crippen LogP contribution in [0.5, 0.6) is 0 Å². The van der Waals surface area contributed by atoms with E-state index in [9.17, 15) is 9.90 Å². The molecule has 0 aromatic carbocycles. The number of aromatic nitrogens is 1. The van der Waals surface area contributed by atoms with Crippen LogP contribution in [0.3, 0.4) is 0 Å². The molecule has 3 rings (SSSR count). The van der Waals surface area contributed by atoms with Gasteiger partial charge in [-0.25, -0.2) is 4.79 Å². The monoisotopic (exact) mass is 331 g/mol. The van der Waals surface area contributed by atoms with Crippen molar-refractivity contribution in [2.45, 2.75) is 78.2 Å². The Hall–Kier alpha value is -1.42. The number of fused-ring (bicyclic) bond motifs is 1. The van der Waals surface area contributed by atoms with Gasteiger partial charge in [0, 0.05) is 17.2 Å². The molecule has 0 bridgehead atoms.